The molecule has 1 aromatic rings. The van der Waals surface area contributed by atoms with Crippen molar-refractivity contribution in [3.8, 4) is 12.8 Å². The fourth-order valence-corrected chi connectivity index (χ4v) is 3.76. The van der Waals surface area contributed by atoms with Crippen LogP contribution in [0.25, 0.3) is 5.57 Å². The van der Waals surface area contributed by atoms with Gasteiger partial charge in [-0.25, -0.2) is 0 Å². The first kappa shape index (κ1) is 31.2. The van der Waals surface area contributed by atoms with E-state index in [4.69, 9.17) is 5.10 Å². The minimum Gasteiger partial charge on any atom is -0.377 e. The number of hydrogen-bond donors (Lipinski definition) is 2. The first-order chi connectivity index (χ1) is 16.2. The number of hydrogen-bond acceptors (Lipinski definition) is 5. The molecular weight excluding hydrogens is 418 g/mol. The maximum atomic E-state index is 4.77. The van der Waals surface area contributed by atoms with Gasteiger partial charge >= 0.3 is 0 Å². The molecule has 5 heteroatoms. The highest BCUT2D eigenvalue weighted by Gasteiger charge is 2.24. The lowest BCUT2D eigenvalue weighted by molar-refractivity contribution is 0.373. The standard InChI is InChI=1S/C25H38N4.C2H7N.C2H2/c1-9-18(5)20-14-15-22-21(16-20)12-11-13-23(22)27-19(6)25(26-7)24(17(3)4)28-29(8)10-2;1-3-2;1-2/h14-17,23,27H,5-6,9-13H2,1-4,7-8H3;3H,1-2H3;1-2H/b26-25?,28-24+;;/t23-;;/m0../s1. The number of benzene rings is 1. The molecule has 0 unspecified atom stereocenters. The molecule has 0 amide bonds. The van der Waals surface area contributed by atoms with Crippen molar-refractivity contribution in [3.63, 3.8) is 0 Å². The van der Waals surface area contributed by atoms with Crippen LogP contribution in [0.15, 0.2) is 47.1 Å². The van der Waals surface area contributed by atoms with Crippen molar-refractivity contribution in [1.29, 1.82) is 0 Å². The van der Waals surface area contributed by atoms with Crippen molar-refractivity contribution < 1.29 is 0 Å². The van der Waals surface area contributed by atoms with E-state index in [0.717, 1.165) is 42.9 Å². The normalized spacial score (nSPS) is 15.2. The average Bonchev–Trinajstić information content (AvgIpc) is 2.84. The molecule has 1 aliphatic rings. The summed E-state index contributed by atoms with van der Waals surface area (Å²) in [7, 11) is 7.56. The molecule has 0 aliphatic heterocycles. The van der Waals surface area contributed by atoms with Gasteiger partial charge in [-0.15, -0.1) is 12.8 Å². The summed E-state index contributed by atoms with van der Waals surface area (Å²) in [6, 6.07) is 7.05. The molecule has 0 saturated carbocycles. The minimum atomic E-state index is 0.254. The number of hydrazone groups is 1. The van der Waals surface area contributed by atoms with Crippen LogP contribution >= 0.6 is 0 Å². The largest absolute Gasteiger partial charge is 0.377 e. The summed E-state index contributed by atoms with van der Waals surface area (Å²) in [5.41, 5.74) is 7.94. The highest BCUT2D eigenvalue weighted by atomic mass is 15.4. The van der Waals surface area contributed by atoms with Crippen molar-refractivity contribution in [3.05, 3.63) is 53.7 Å². The van der Waals surface area contributed by atoms with Crippen molar-refractivity contribution in [1.82, 2.24) is 15.6 Å². The third kappa shape index (κ3) is 9.19. The lowest BCUT2D eigenvalue weighted by Crippen LogP contribution is -2.34. The second-order valence-corrected chi connectivity index (χ2v) is 8.62. The molecule has 0 saturated heterocycles. The maximum Gasteiger partial charge on any atom is 0.103 e. The second-order valence-electron chi connectivity index (χ2n) is 8.62. The molecule has 2 N–H and O–H groups in total. The van der Waals surface area contributed by atoms with Crippen LogP contribution in [0.4, 0.5) is 0 Å². The Hall–Kier alpha value is -2.84. The van der Waals surface area contributed by atoms with Crippen LogP contribution in [-0.2, 0) is 6.42 Å². The van der Waals surface area contributed by atoms with Crippen LogP contribution in [0.1, 0.15) is 69.7 Å². The van der Waals surface area contributed by atoms with E-state index in [0.29, 0.717) is 0 Å². The van der Waals surface area contributed by atoms with Crippen LogP contribution in [0, 0.1) is 18.8 Å². The molecule has 1 aliphatic carbocycles. The molecule has 5 nitrogen and oxygen atoms in total. The van der Waals surface area contributed by atoms with E-state index < -0.39 is 0 Å². The maximum absolute atomic E-state index is 4.77. The highest BCUT2D eigenvalue weighted by Crippen LogP contribution is 2.32. The Bertz CT molecular complexity index is 861. The van der Waals surface area contributed by atoms with Gasteiger partial charge in [0.1, 0.15) is 5.71 Å². The molecule has 2 rings (SSSR count). The van der Waals surface area contributed by atoms with Gasteiger partial charge in [0.05, 0.1) is 17.5 Å². The number of aryl methyl sites for hydroxylation is 1. The Kier molecular flexibility index (Phi) is 15.3. The molecule has 34 heavy (non-hydrogen) atoms. The lowest BCUT2D eigenvalue weighted by Gasteiger charge is -2.29. The van der Waals surface area contributed by atoms with Crippen molar-refractivity contribution in [2.75, 3.05) is 34.7 Å². The molecule has 188 valence electrons. The summed E-state index contributed by atoms with van der Waals surface area (Å²) in [4.78, 5) is 4.55. The van der Waals surface area contributed by atoms with E-state index in [1.807, 2.05) is 33.2 Å². The van der Waals surface area contributed by atoms with Crippen molar-refractivity contribution >= 4 is 17.0 Å². The summed E-state index contributed by atoms with van der Waals surface area (Å²) in [6.45, 7) is 17.9. The van der Waals surface area contributed by atoms with E-state index in [1.165, 1.54) is 28.7 Å². The van der Waals surface area contributed by atoms with Gasteiger partial charge in [0.25, 0.3) is 0 Å². The predicted molar refractivity (Wildman–Crippen MR) is 153 cm³/mol. The smallest absolute Gasteiger partial charge is 0.103 e. The van der Waals surface area contributed by atoms with Gasteiger partial charge in [0.2, 0.25) is 0 Å². The topological polar surface area (TPSA) is 52.0 Å². The zero-order valence-electron chi connectivity index (χ0n) is 22.8. The molecule has 0 fully saturated rings. The van der Waals surface area contributed by atoms with Gasteiger partial charge in [-0.2, -0.15) is 5.10 Å². The Morgan fingerprint density at radius 2 is 1.82 bits per heavy atom. The summed E-state index contributed by atoms with van der Waals surface area (Å²) < 4.78 is 0. The Morgan fingerprint density at radius 1 is 1.21 bits per heavy atom. The molecule has 1 aromatic carbocycles. The molecule has 0 bridgehead atoms. The van der Waals surface area contributed by atoms with Gasteiger partial charge in [-0.3, -0.25) is 4.99 Å². The van der Waals surface area contributed by atoms with Crippen LogP contribution in [-0.4, -0.2) is 51.2 Å². The summed E-state index contributed by atoms with van der Waals surface area (Å²) >= 11 is 0. The predicted octanol–water partition coefficient (Wildman–Crippen LogP) is 5.71. The monoisotopic (exact) mass is 465 g/mol. The fraction of sp³-hybridized carbons (Fsp3) is 0.517. The second kappa shape index (κ2) is 16.7. The molecule has 0 spiro atoms. The van der Waals surface area contributed by atoms with E-state index in [1.54, 1.807) is 0 Å². The number of fused-ring (bicyclic) bond motifs is 1. The van der Waals surface area contributed by atoms with Gasteiger partial charge in [-0.05, 0) is 74.9 Å². The first-order valence-electron chi connectivity index (χ1n) is 12.2. The Balaban J connectivity index is 0.00000201. The van der Waals surface area contributed by atoms with E-state index >= 15 is 0 Å². The Morgan fingerprint density at radius 3 is 2.32 bits per heavy atom. The van der Waals surface area contributed by atoms with E-state index in [-0.39, 0.29) is 12.0 Å². The number of allylic oxidation sites excluding steroid dienone is 2. The first-order valence-corrected chi connectivity index (χ1v) is 12.2. The van der Waals surface area contributed by atoms with Crippen molar-refractivity contribution in [2.45, 2.75) is 59.4 Å². The number of nitrogens with one attached hydrogen (secondary N) is 2. The number of aliphatic imine (C=N–C) groups is 1. The third-order valence-corrected chi connectivity index (χ3v) is 5.68. The van der Waals surface area contributed by atoms with Crippen LogP contribution < -0.4 is 10.6 Å². The molecule has 0 radical (unpaired) electrons. The molecule has 1 atom stereocenters. The molecule has 0 heterocycles. The van der Waals surface area contributed by atoms with E-state index in [9.17, 15) is 0 Å². The fourth-order valence-electron chi connectivity index (χ4n) is 3.76. The summed E-state index contributed by atoms with van der Waals surface area (Å²) in [5, 5.41) is 13.1. The third-order valence-electron chi connectivity index (χ3n) is 5.68. The van der Waals surface area contributed by atoms with Gasteiger partial charge in [-0.1, -0.05) is 52.1 Å². The average molecular weight is 466 g/mol. The summed E-state index contributed by atoms with van der Waals surface area (Å²) in [5.74, 6) is 0.266. The number of nitrogens with zero attached hydrogens (tertiary/aromatic N) is 3. The molecular formula is C29H47N5. The Labute approximate surface area is 209 Å². The van der Waals surface area contributed by atoms with Gasteiger partial charge in [0, 0.05) is 20.6 Å². The quantitative estimate of drug-likeness (QED) is 0.279. The van der Waals surface area contributed by atoms with Crippen molar-refractivity contribution in [2.24, 2.45) is 16.0 Å². The summed E-state index contributed by atoms with van der Waals surface area (Å²) in [6.07, 6.45) is 12.4. The minimum absolute atomic E-state index is 0.254. The number of terminal acetylenes is 1. The lowest BCUT2D eigenvalue weighted by atomic mass is 9.85. The van der Waals surface area contributed by atoms with Gasteiger partial charge in [0.15, 0.2) is 0 Å². The SMILES string of the molecule is C#C.C=C(N[C@H]1CCCc2cc(C(=C)CC)ccc21)C(=NC)/C(=N/N(C)CC)C(C)C.CNC. The zero-order valence-corrected chi connectivity index (χ0v) is 22.8. The van der Waals surface area contributed by atoms with Crippen LogP contribution in [0.5, 0.6) is 0 Å². The molecule has 0 aromatic heterocycles. The highest BCUT2D eigenvalue weighted by molar-refractivity contribution is 6.48. The van der Waals surface area contributed by atoms with E-state index in [2.05, 4.69) is 87.5 Å². The van der Waals surface area contributed by atoms with Crippen LogP contribution in [0.2, 0.25) is 0 Å². The zero-order chi connectivity index (χ0) is 26.3. The van der Waals surface area contributed by atoms with Crippen LogP contribution in [0.3, 0.4) is 0 Å². The van der Waals surface area contributed by atoms with Gasteiger partial charge < -0.3 is 15.6 Å². The number of rotatable bonds is 9.